The molecule has 192 valence electrons. The molecule has 3 aromatic carbocycles. The molecule has 0 amide bonds. The molecule has 0 saturated carbocycles. The Kier molecular flexibility index (Phi) is 8.69. The minimum Gasteiger partial charge on any atom is -0.493 e. The third-order valence-corrected chi connectivity index (χ3v) is 7.57. The molecule has 0 radical (unpaired) electrons. The quantitative estimate of drug-likeness (QED) is 0.226. The van der Waals surface area contributed by atoms with E-state index in [2.05, 4.69) is 24.4 Å². The van der Waals surface area contributed by atoms with E-state index in [1.165, 1.54) is 17.0 Å². The molecule has 4 aromatic rings. The summed E-state index contributed by atoms with van der Waals surface area (Å²) in [5, 5.41) is 14.2. The lowest BCUT2D eigenvalue weighted by Crippen LogP contribution is -2.53. The Morgan fingerprint density at radius 1 is 1.03 bits per heavy atom. The van der Waals surface area contributed by atoms with Crippen molar-refractivity contribution < 1.29 is 19.0 Å². The first-order valence-electron chi connectivity index (χ1n) is 12.3. The molecule has 7 heteroatoms. The number of aromatic nitrogens is 1. The number of thiazole rings is 1. The molecule has 2 N–H and O–H groups in total. The standard InChI is InChI=1S/C30H31FN2O3S/c1-3-30(29(34)35,32-20-23-9-13-25(31)14-10-23)19-22-11-15-26(16-12-22)36-18-17-27-21(2)37-28(33-27)24-7-5-4-6-8-24/h4-16,32H,3,17-20H2,1-2H3,(H,34,35)/t30-/m0/s1. The predicted octanol–water partition coefficient (Wildman–Crippen LogP) is 6.44. The van der Waals surface area contributed by atoms with Gasteiger partial charge in [-0.15, -0.1) is 11.3 Å². The molecular formula is C30H31FN2O3S. The van der Waals surface area contributed by atoms with Crippen molar-refractivity contribution >= 4 is 17.3 Å². The van der Waals surface area contributed by atoms with Crippen molar-refractivity contribution in [3.63, 3.8) is 0 Å². The summed E-state index contributed by atoms with van der Waals surface area (Å²) in [6.45, 7) is 4.78. The van der Waals surface area contributed by atoms with Crippen LogP contribution in [0.25, 0.3) is 10.6 Å². The van der Waals surface area contributed by atoms with E-state index in [1.807, 2.05) is 49.4 Å². The molecule has 1 aromatic heterocycles. The van der Waals surface area contributed by atoms with Gasteiger partial charge in [0, 0.05) is 29.8 Å². The molecule has 1 atom stereocenters. The molecule has 5 nitrogen and oxygen atoms in total. The third kappa shape index (κ3) is 6.81. The lowest BCUT2D eigenvalue weighted by molar-refractivity contribution is -0.145. The summed E-state index contributed by atoms with van der Waals surface area (Å²) in [5.74, 6) is -0.493. The van der Waals surface area contributed by atoms with Gasteiger partial charge in [0.1, 0.15) is 22.1 Å². The Bertz CT molecular complexity index is 1310. The smallest absolute Gasteiger partial charge is 0.324 e. The van der Waals surface area contributed by atoms with Gasteiger partial charge in [-0.1, -0.05) is 61.5 Å². The fourth-order valence-corrected chi connectivity index (χ4v) is 5.14. The molecule has 4 rings (SSSR count). The van der Waals surface area contributed by atoms with Crippen molar-refractivity contribution in [1.29, 1.82) is 0 Å². The molecule has 0 spiro atoms. The van der Waals surface area contributed by atoms with Gasteiger partial charge in [-0.2, -0.15) is 0 Å². The average molecular weight is 519 g/mol. The monoisotopic (exact) mass is 518 g/mol. The van der Waals surface area contributed by atoms with Crippen molar-refractivity contribution in [2.45, 2.75) is 45.2 Å². The summed E-state index contributed by atoms with van der Waals surface area (Å²) in [5.41, 5.74) is 2.76. The van der Waals surface area contributed by atoms with Crippen LogP contribution in [0.15, 0.2) is 78.9 Å². The number of aryl methyl sites for hydroxylation is 1. The van der Waals surface area contributed by atoms with Crippen LogP contribution >= 0.6 is 11.3 Å². The Hall–Kier alpha value is -3.55. The molecule has 0 bridgehead atoms. The van der Waals surface area contributed by atoms with Gasteiger partial charge < -0.3 is 9.84 Å². The molecule has 1 heterocycles. The summed E-state index contributed by atoms with van der Waals surface area (Å²) >= 11 is 1.69. The largest absolute Gasteiger partial charge is 0.493 e. The van der Waals surface area contributed by atoms with Crippen LogP contribution in [-0.2, 0) is 24.2 Å². The molecule has 0 fully saturated rings. The van der Waals surface area contributed by atoms with E-state index in [9.17, 15) is 14.3 Å². The first-order chi connectivity index (χ1) is 17.9. The number of hydrogen-bond acceptors (Lipinski definition) is 5. The van der Waals surface area contributed by atoms with E-state index < -0.39 is 11.5 Å². The zero-order chi connectivity index (χ0) is 26.3. The maximum Gasteiger partial charge on any atom is 0.324 e. The van der Waals surface area contributed by atoms with Crippen LogP contribution in [-0.4, -0.2) is 28.2 Å². The number of carboxylic acid groups (broad SMARTS) is 1. The average Bonchev–Trinajstić information content (AvgIpc) is 3.29. The Morgan fingerprint density at radius 3 is 2.35 bits per heavy atom. The minimum atomic E-state index is -1.13. The lowest BCUT2D eigenvalue weighted by Gasteiger charge is -2.30. The van der Waals surface area contributed by atoms with Gasteiger partial charge in [0.25, 0.3) is 0 Å². The number of nitrogens with zero attached hydrogens (tertiary/aromatic N) is 1. The normalized spacial score (nSPS) is 12.7. The van der Waals surface area contributed by atoms with E-state index in [1.54, 1.807) is 23.5 Å². The number of ether oxygens (including phenoxy) is 1. The molecule has 0 saturated heterocycles. The van der Waals surface area contributed by atoms with Crippen LogP contribution in [0.4, 0.5) is 4.39 Å². The van der Waals surface area contributed by atoms with E-state index in [0.29, 0.717) is 32.4 Å². The number of benzene rings is 3. The highest BCUT2D eigenvalue weighted by Gasteiger charge is 2.36. The second kappa shape index (κ2) is 12.1. The van der Waals surface area contributed by atoms with Crippen molar-refractivity contribution in [1.82, 2.24) is 10.3 Å². The van der Waals surface area contributed by atoms with Crippen LogP contribution in [0.2, 0.25) is 0 Å². The summed E-state index contributed by atoms with van der Waals surface area (Å²) in [6.07, 6.45) is 1.43. The van der Waals surface area contributed by atoms with E-state index in [0.717, 1.165) is 33.1 Å². The van der Waals surface area contributed by atoms with Crippen LogP contribution in [0.5, 0.6) is 5.75 Å². The third-order valence-electron chi connectivity index (χ3n) is 6.51. The van der Waals surface area contributed by atoms with E-state index in [4.69, 9.17) is 9.72 Å². The van der Waals surface area contributed by atoms with Gasteiger partial charge in [-0.3, -0.25) is 10.1 Å². The zero-order valence-corrected chi connectivity index (χ0v) is 21.9. The highest BCUT2D eigenvalue weighted by atomic mass is 32.1. The van der Waals surface area contributed by atoms with Crippen LogP contribution in [0.3, 0.4) is 0 Å². The molecule has 0 aliphatic carbocycles. The van der Waals surface area contributed by atoms with Crippen LogP contribution in [0.1, 0.15) is 35.0 Å². The van der Waals surface area contributed by atoms with Crippen molar-refractivity contribution in [2.24, 2.45) is 0 Å². The summed E-state index contributed by atoms with van der Waals surface area (Å²) in [7, 11) is 0. The number of aliphatic carboxylic acids is 1. The number of halogens is 1. The van der Waals surface area contributed by atoms with Gasteiger partial charge in [-0.05, 0) is 48.7 Å². The van der Waals surface area contributed by atoms with Gasteiger partial charge in [-0.25, -0.2) is 9.37 Å². The fourth-order valence-electron chi connectivity index (χ4n) is 4.17. The number of carboxylic acids is 1. The van der Waals surface area contributed by atoms with E-state index >= 15 is 0 Å². The van der Waals surface area contributed by atoms with Crippen molar-refractivity contribution in [3.8, 4) is 16.3 Å². The van der Waals surface area contributed by atoms with Crippen molar-refractivity contribution in [3.05, 3.63) is 106 Å². The summed E-state index contributed by atoms with van der Waals surface area (Å²) < 4.78 is 19.2. The van der Waals surface area contributed by atoms with Crippen LogP contribution in [0, 0.1) is 12.7 Å². The number of nitrogens with one attached hydrogen (secondary N) is 1. The molecule has 0 unspecified atom stereocenters. The molecule has 0 aliphatic heterocycles. The first-order valence-corrected chi connectivity index (χ1v) is 13.2. The maximum absolute atomic E-state index is 13.2. The lowest BCUT2D eigenvalue weighted by atomic mass is 9.87. The SMILES string of the molecule is CC[C@@](Cc1ccc(OCCc2nc(-c3ccccc3)sc2C)cc1)(NCc1ccc(F)cc1)C(=O)O. The Labute approximate surface area is 221 Å². The van der Waals surface area contributed by atoms with E-state index in [-0.39, 0.29) is 5.82 Å². The highest BCUT2D eigenvalue weighted by molar-refractivity contribution is 7.15. The molecule has 0 aliphatic rings. The predicted molar refractivity (Wildman–Crippen MR) is 146 cm³/mol. The molecule has 37 heavy (non-hydrogen) atoms. The Balaban J connectivity index is 1.34. The fraction of sp³-hybridized carbons (Fsp3) is 0.267. The van der Waals surface area contributed by atoms with Gasteiger partial charge in [0.05, 0.1) is 12.3 Å². The van der Waals surface area contributed by atoms with Crippen LogP contribution < -0.4 is 10.1 Å². The second-order valence-electron chi connectivity index (χ2n) is 9.03. The second-order valence-corrected chi connectivity index (χ2v) is 10.2. The van der Waals surface area contributed by atoms with Gasteiger partial charge in [0.15, 0.2) is 0 Å². The first kappa shape index (κ1) is 26.5. The summed E-state index contributed by atoms with van der Waals surface area (Å²) in [6, 6.07) is 23.8. The Morgan fingerprint density at radius 2 is 1.70 bits per heavy atom. The van der Waals surface area contributed by atoms with Crippen molar-refractivity contribution in [2.75, 3.05) is 6.61 Å². The maximum atomic E-state index is 13.2. The number of carbonyl (C=O) groups is 1. The zero-order valence-electron chi connectivity index (χ0n) is 21.0. The van der Waals surface area contributed by atoms with Gasteiger partial charge in [0.2, 0.25) is 0 Å². The minimum absolute atomic E-state index is 0.315. The topological polar surface area (TPSA) is 71.5 Å². The summed E-state index contributed by atoms with van der Waals surface area (Å²) in [4.78, 5) is 18.2. The highest BCUT2D eigenvalue weighted by Crippen LogP contribution is 2.28. The number of hydrogen-bond donors (Lipinski definition) is 2. The molecular weight excluding hydrogens is 487 g/mol. The number of rotatable bonds is 12. The van der Waals surface area contributed by atoms with Gasteiger partial charge >= 0.3 is 5.97 Å².